The molecule has 2 rings (SSSR count). The average Bonchev–Trinajstić information content (AvgIpc) is 2.86. The maximum Gasteiger partial charge on any atom is 0.0212 e. The van der Waals surface area contributed by atoms with Crippen LogP contribution in [0.2, 0.25) is 0 Å². The van der Waals surface area contributed by atoms with E-state index in [-0.39, 0.29) is 5.41 Å². The summed E-state index contributed by atoms with van der Waals surface area (Å²) < 4.78 is 0. The lowest BCUT2D eigenvalue weighted by atomic mass is 9.64. The Hall–Kier alpha value is -0.820. The summed E-state index contributed by atoms with van der Waals surface area (Å²) in [5, 5.41) is 3.80. The smallest absolute Gasteiger partial charge is 0.0212 e. The van der Waals surface area contributed by atoms with Crippen molar-refractivity contribution >= 4 is 0 Å². The van der Waals surface area contributed by atoms with E-state index in [4.69, 9.17) is 0 Å². The third-order valence-corrected chi connectivity index (χ3v) is 4.67. The number of benzene rings is 1. The van der Waals surface area contributed by atoms with Crippen molar-refractivity contribution in [1.29, 1.82) is 0 Å². The van der Waals surface area contributed by atoms with Crippen LogP contribution in [0.15, 0.2) is 30.3 Å². The van der Waals surface area contributed by atoms with Gasteiger partial charge in [0.15, 0.2) is 0 Å². The topological polar surface area (TPSA) is 12.0 Å². The van der Waals surface area contributed by atoms with E-state index in [0.29, 0.717) is 11.5 Å². The van der Waals surface area contributed by atoms with Crippen molar-refractivity contribution in [3.05, 3.63) is 35.9 Å². The summed E-state index contributed by atoms with van der Waals surface area (Å²) in [7, 11) is 0. The van der Waals surface area contributed by atoms with Crippen LogP contribution in [0.5, 0.6) is 0 Å². The molecule has 1 unspecified atom stereocenters. The molecule has 0 heterocycles. The molecular formula is C18H29N. The Morgan fingerprint density at radius 3 is 2.16 bits per heavy atom. The normalized spacial score (nSPS) is 20.4. The zero-order chi connectivity index (χ0) is 13.9. The highest BCUT2D eigenvalue weighted by molar-refractivity contribution is 5.30. The van der Waals surface area contributed by atoms with Crippen LogP contribution < -0.4 is 5.32 Å². The molecule has 0 saturated heterocycles. The van der Waals surface area contributed by atoms with Crippen LogP contribution in [0, 0.1) is 5.41 Å². The Labute approximate surface area is 118 Å². The maximum absolute atomic E-state index is 3.80. The van der Waals surface area contributed by atoms with Crippen molar-refractivity contribution < 1.29 is 0 Å². The molecule has 0 bridgehead atoms. The van der Waals surface area contributed by atoms with Crippen LogP contribution in [0.1, 0.15) is 58.9 Å². The first kappa shape index (κ1) is 14.6. The Bertz CT molecular complexity index is 382. The Kier molecular flexibility index (Phi) is 4.35. The molecule has 1 nitrogen and oxygen atoms in total. The molecule has 0 aromatic heterocycles. The molecule has 1 atom stereocenters. The minimum atomic E-state index is 0.288. The van der Waals surface area contributed by atoms with E-state index in [0.717, 1.165) is 6.54 Å². The monoisotopic (exact) mass is 259 g/mol. The van der Waals surface area contributed by atoms with Crippen molar-refractivity contribution in [2.75, 3.05) is 6.54 Å². The highest BCUT2D eigenvalue weighted by atomic mass is 14.9. The third-order valence-electron chi connectivity index (χ3n) is 4.67. The van der Waals surface area contributed by atoms with E-state index >= 15 is 0 Å². The lowest BCUT2D eigenvalue weighted by molar-refractivity contribution is 0.162. The van der Waals surface area contributed by atoms with Crippen molar-refractivity contribution in [2.45, 2.75) is 64.8 Å². The van der Waals surface area contributed by atoms with Crippen LogP contribution in [0.3, 0.4) is 0 Å². The second-order valence-corrected chi connectivity index (χ2v) is 7.09. The first-order valence-electron chi connectivity index (χ1n) is 7.79. The number of hydrogen-bond donors (Lipinski definition) is 1. The Morgan fingerprint density at radius 2 is 1.68 bits per heavy atom. The highest BCUT2D eigenvalue weighted by Gasteiger charge is 2.46. The molecule has 1 aliphatic rings. The number of likely N-dealkylation sites (N-methyl/N-ethyl adjacent to an activating group) is 1. The molecule has 0 amide bonds. The average molecular weight is 259 g/mol. The predicted molar refractivity (Wildman–Crippen MR) is 83.5 cm³/mol. The molecule has 0 spiro atoms. The highest BCUT2D eigenvalue weighted by Crippen LogP contribution is 2.48. The minimum absolute atomic E-state index is 0.288. The molecule has 1 aromatic rings. The van der Waals surface area contributed by atoms with E-state index in [1.54, 1.807) is 0 Å². The maximum atomic E-state index is 3.80. The summed E-state index contributed by atoms with van der Waals surface area (Å²) in [4.78, 5) is 0. The minimum Gasteiger partial charge on any atom is -0.313 e. The largest absolute Gasteiger partial charge is 0.313 e. The fraction of sp³-hybridized carbons (Fsp3) is 0.667. The van der Waals surface area contributed by atoms with Crippen molar-refractivity contribution in [3.63, 3.8) is 0 Å². The molecule has 1 aliphatic carbocycles. The molecule has 1 heteroatoms. The summed E-state index contributed by atoms with van der Waals surface area (Å²) >= 11 is 0. The molecule has 1 N–H and O–H groups in total. The second kappa shape index (κ2) is 5.66. The van der Waals surface area contributed by atoms with E-state index < -0.39 is 0 Å². The summed E-state index contributed by atoms with van der Waals surface area (Å²) in [5.41, 5.74) is 2.15. The Balaban J connectivity index is 2.43. The van der Waals surface area contributed by atoms with Gasteiger partial charge in [-0.2, -0.15) is 0 Å². The fourth-order valence-electron chi connectivity index (χ4n) is 4.05. The van der Waals surface area contributed by atoms with E-state index in [9.17, 15) is 0 Å². The van der Waals surface area contributed by atoms with Gasteiger partial charge < -0.3 is 5.32 Å². The third kappa shape index (κ3) is 2.86. The predicted octanol–water partition coefficient (Wildman–Crippen LogP) is 4.52. The van der Waals surface area contributed by atoms with Gasteiger partial charge in [0.25, 0.3) is 0 Å². The summed E-state index contributed by atoms with van der Waals surface area (Å²) in [6.07, 6.45) is 5.39. The lowest BCUT2D eigenvalue weighted by Crippen LogP contribution is -2.54. The SMILES string of the molecule is CCNC(C(C)(C)C)C1(c2ccccc2)CCCC1. The number of rotatable bonds is 4. The molecule has 106 valence electrons. The lowest BCUT2D eigenvalue weighted by Gasteiger charge is -2.46. The van der Waals surface area contributed by atoms with Crippen LogP contribution in [-0.4, -0.2) is 12.6 Å². The zero-order valence-electron chi connectivity index (χ0n) is 13.0. The number of nitrogens with one attached hydrogen (secondary N) is 1. The van der Waals surface area contributed by atoms with Gasteiger partial charge in [-0.15, -0.1) is 0 Å². The molecule has 0 radical (unpaired) electrons. The van der Waals surface area contributed by atoms with Gasteiger partial charge in [-0.1, -0.05) is 70.9 Å². The second-order valence-electron chi connectivity index (χ2n) is 7.09. The van der Waals surface area contributed by atoms with Crippen LogP contribution in [0.25, 0.3) is 0 Å². The van der Waals surface area contributed by atoms with Gasteiger partial charge in [0.1, 0.15) is 0 Å². The van der Waals surface area contributed by atoms with Crippen molar-refractivity contribution in [2.24, 2.45) is 5.41 Å². The van der Waals surface area contributed by atoms with Gasteiger partial charge >= 0.3 is 0 Å². The summed E-state index contributed by atoms with van der Waals surface area (Å²) in [6.45, 7) is 10.4. The van der Waals surface area contributed by atoms with Gasteiger partial charge in [0.05, 0.1) is 0 Å². The van der Waals surface area contributed by atoms with Crippen molar-refractivity contribution in [1.82, 2.24) is 5.32 Å². The molecule has 1 saturated carbocycles. The zero-order valence-corrected chi connectivity index (χ0v) is 13.0. The van der Waals surface area contributed by atoms with Gasteiger partial charge in [-0.05, 0) is 30.4 Å². The van der Waals surface area contributed by atoms with Gasteiger partial charge in [-0.3, -0.25) is 0 Å². The summed E-state index contributed by atoms with van der Waals surface area (Å²) in [5.74, 6) is 0. The Morgan fingerprint density at radius 1 is 1.11 bits per heavy atom. The van der Waals surface area contributed by atoms with Gasteiger partial charge in [0, 0.05) is 11.5 Å². The van der Waals surface area contributed by atoms with Crippen LogP contribution in [-0.2, 0) is 5.41 Å². The van der Waals surface area contributed by atoms with Gasteiger partial charge in [0.2, 0.25) is 0 Å². The molecule has 1 fully saturated rings. The van der Waals surface area contributed by atoms with E-state index in [1.165, 1.54) is 31.2 Å². The molecule has 0 aliphatic heterocycles. The number of hydrogen-bond acceptors (Lipinski definition) is 1. The quantitative estimate of drug-likeness (QED) is 0.838. The molecule has 19 heavy (non-hydrogen) atoms. The van der Waals surface area contributed by atoms with Crippen LogP contribution >= 0.6 is 0 Å². The first-order valence-corrected chi connectivity index (χ1v) is 7.79. The standard InChI is InChI=1S/C18H29N/c1-5-19-16(17(2,3)4)18(13-9-10-14-18)15-11-7-6-8-12-15/h6-8,11-12,16,19H,5,9-10,13-14H2,1-4H3. The van der Waals surface area contributed by atoms with Crippen LogP contribution in [0.4, 0.5) is 0 Å². The van der Waals surface area contributed by atoms with E-state index in [1.807, 2.05) is 0 Å². The van der Waals surface area contributed by atoms with Gasteiger partial charge in [-0.25, -0.2) is 0 Å². The fourth-order valence-corrected chi connectivity index (χ4v) is 4.05. The molecular weight excluding hydrogens is 230 g/mol. The van der Waals surface area contributed by atoms with Crippen molar-refractivity contribution in [3.8, 4) is 0 Å². The summed E-state index contributed by atoms with van der Waals surface area (Å²) in [6, 6.07) is 11.7. The molecule has 1 aromatic carbocycles. The first-order chi connectivity index (χ1) is 9.00. The van der Waals surface area contributed by atoms with E-state index in [2.05, 4.69) is 63.3 Å².